The highest BCUT2D eigenvalue weighted by Crippen LogP contribution is 2.29. The van der Waals surface area contributed by atoms with Crippen LogP contribution in [-0.4, -0.2) is 19.1 Å². The second kappa shape index (κ2) is 7.04. The lowest BCUT2D eigenvalue weighted by molar-refractivity contribution is -0.0884. The Labute approximate surface area is 139 Å². The number of carbonyl (C=O) groups excluding carboxylic acids is 1. The molecule has 2 rings (SSSR count). The lowest BCUT2D eigenvalue weighted by atomic mass is 10.1. The summed E-state index contributed by atoms with van der Waals surface area (Å²) < 4.78 is 43.6. The van der Waals surface area contributed by atoms with Crippen molar-refractivity contribution in [1.82, 2.24) is 0 Å². The average Bonchev–Trinajstić information content (AvgIpc) is 2.52. The van der Waals surface area contributed by atoms with Gasteiger partial charge in [-0.05, 0) is 35.9 Å². The van der Waals surface area contributed by atoms with Crippen LogP contribution in [0, 0.1) is 0 Å². The maximum absolute atomic E-state index is 12.7. The van der Waals surface area contributed by atoms with Gasteiger partial charge in [0.25, 0.3) is 5.78 Å². The zero-order chi connectivity index (χ0) is 17.0. The fourth-order valence-corrected chi connectivity index (χ4v) is 2.32. The molecule has 0 saturated heterocycles. The predicted octanol–water partition coefficient (Wildman–Crippen LogP) is 4.81. The third kappa shape index (κ3) is 4.48. The maximum atomic E-state index is 12.7. The lowest BCUT2D eigenvalue weighted by Gasteiger charge is -2.13. The highest BCUT2D eigenvalue weighted by molar-refractivity contribution is 9.10. The minimum absolute atomic E-state index is 0.123. The van der Waals surface area contributed by atoms with Gasteiger partial charge in [-0.3, -0.25) is 4.79 Å². The molecule has 0 unspecified atom stereocenters. The molecule has 0 aliphatic heterocycles. The van der Waals surface area contributed by atoms with Gasteiger partial charge in [0.15, 0.2) is 0 Å². The molecule has 122 valence electrons. The Kier molecular flexibility index (Phi) is 5.30. The van der Waals surface area contributed by atoms with Crippen molar-refractivity contribution in [3.05, 3.63) is 58.1 Å². The van der Waals surface area contributed by atoms with E-state index in [1.165, 1.54) is 12.1 Å². The normalized spacial score (nSPS) is 11.2. The number of Topliss-reactive ketones (excluding diaryl/α,β-unsaturated/α-hetero) is 1. The molecular formula is C16H13BrF3NO2. The van der Waals surface area contributed by atoms with Gasteiger partial charge in [0.1, 0.15) is 5.75 Å². The van der Waals surface area contributed by atoms with Crippen LogP contribution in [0.3, 0.4) is 0 Å². The van der Waals surface area contributed by atoms with E-state index in [0.717, 1.165) is 11.6 Å². The van der Waals surface area contributed by atoms with E-state index in [1.807, 2.05) is 0 Å². The van der Waals surface area contributed by atoms with Gasteiger partial charge in [-0.15, -0.1) is 0 Å². The zero-order valence-corrected chi connectivity index (χ0v) is 13.7. The first-order valence-electron chi connectivity index (χ1n) is 6.59. The number of nitrogens with one attached hydrogen (secondary N) is 1. The predicted molar refractivity (Wildman–Crippen MR) is 84.8 cm³/mol. The Bertz CT molecular complexity index is 699. The largest absolute Gasteiger partial charge is 0.497 e. The molecule has 0 bridgehead atoms. The summed E-state index contributed by atoms with van der Waals surface area (Å²) in [7, 11) is 1.55. The van der Waals surface area contributed by atoms with Crippen molar-refractivity contribution in [3.63, 3.8) is 0 Å². The minimum Gasteiger partial charge on any atom is -0.497 e. The fraction of sp³-hybridized carbons (Fsp3) is 0.188. The summed E-state index contributed by atoms with van der Waals surface area (Å²) in [6.45, 7) is 0.276. The van der Waals surface area contributed by atoms with Crippen molar-refractivity contribution < 1.29 is 22.7 Å². The summed E-state index contributed by atoms with van der Waals surface area (Å²) in [6.07, 6.45) is -4.91. The molecule has 0 spiro atoms. The quantitative estimate of drug-likeness (QED) is 0.747. The van der Waals surface area contributed by atoms with Crippen LogP contribution in [0.5, 0.6) is 5.75 Å². The summed E-state index contributed by atoms with van der Waals surface area (Å²) in [5.74, 6) is -1.19. The molecule has 23 heavy (non-hydrogen) atoms. The molecule has 0 atom stereocenters. The van der Waals surface area contributed by atoms with Gasteiger partial charge in [-0.1, -0.05) is 28.1 Å². The van der Waals surface area contributed by atoms with Crippen molar-refractivity contribution >= 4 is 27.4 Å². The highest BCUT2D eigenvalue weighted by Gasteiger charge is 2.40. The first kappa shape index (κ1) is 17.3. The molecule has 0 aromatic heterocycles. The standard InChI is InChI=1S/C16H13BrF3NO2/c1-23-12-5-2-10(3-6-12)9-21-14-8-11(17)4-7-13(14)15(22)16(18,19)20/h2-8,21H,9H2,1H3. The van der Waals surface area contributed by atoms with Gasteiger partial charge in [-0.2, -0.15) is 13.2 Å². The first-order valence-corrected chi connectivity index (χ1v) is 7.38. The molecule has 1 N–H and O–H groups in total. The summed E-state index contributed by atoms with van der Waals surface area (Å²) in [5, 5.41) is 2.87. The van der Waals surface area contributed by atoms with Gasteiger partial charge in [0.05, 0.1) is 12.7 Å². The fourth-order valence-electron chi connectivity index (χ4n) is 1.95. The van der Waals surface area contributed by atoms with Crippen LogP contribution in [-0.2, 0) is 6.54 Å². The van der Waals surface area contributed by atoms with E-state index in [4.69, 9.17) is 4.74 Å². The second-order valence-corrected chi connectivity index (χ2v) is 5.63. The number of methoxy groups -OCH3 is 1. The highest BCUT2D eigenvalue weighted by atomic mass is 79.9. The van der Waals surface area contributed by atoms with Crippen LogP contribution >= 0.6 is 15.9 Å². The molecule has 0 amide bonds. The number of alkyl halides is 3. The molecule has 0 saturated carbocycles. The molecule has 0 radical (unpaired) electrons. The summed E-state index contributed by atoms with van der Waals surface area (Å²) in [5.41, 5.74) is 0.558. The Morgan fingerprint density at radius 1 is 1.17 bits per heavy atom. The zero-order valence-electron chi connectivity index (χ0n) is 12.1. The first-order chi connectivity index (χ1) is 10.8. The summed E-state index contributed by atoms with van der Waals surface area (Å²) >= 11 is 3.19. The van der Waals surface area contributed by atoms with Gasteiger partial charge in [0.2, 0.25) is 0 Å². The molecule has 7 heteroatoms. The third-order valence-corrected chi connectivity index (χ3v) is 3.62. The second-order valence-electron chi connectivity index (χ2n) is 4.72. The van der Waals surface area contributed by atoms with Crippen molar-refractivity contribution in [3.8, 4) is 5.75 Å². The van der Waals surface area contributed by atoms with Crippen LogP contribution in [0.25, 0.3) is 0 Å². The van der Waals surface area contributed by atoms with Crippen molar-refractivity contribution in [2.24, 2.45) is 0 Å². The Hall–Kier alpha value is -2.02. The van der Waals surface area contributed by atoms with Crippen LogP contribution in [0.4, 0.5) is 18.9 Å². The average molecular weight is 388 g/mol. The molecule has 0 fully saturated rings. The number of benzene rings is 2. The van der Waals surface area contributed by atoms with E-state index in [9.17, 15) is 18.0 Å². The lowest BCUT2D eigenvalue weighted by Crippen LogP contribution is -2.24. The topological polar surface area (TPSA) is 38.3 Å². The minimum atomic E-state index is -4.91. The molecule has 2 aromatic carbocycles. The van der Waals surface area contributed by atoms with Gasteiger partial charge in [0, 0.05) is 16.7 Å². The van der Waals surface area contributed by atoms with Crippen LogP contribution in [0.2, 0.25) is 0 Å². The Balaban J connectivity index is 2.21. The number of anilines is 1. The van der Waals surface area contributed by atoms with Crippen LogP contribution in [0.1, 0.15) is 15.9 Å². The SMILES string of the molecule is COc1ccc(CNc2cc(Br)ccc2C(=O)C(F)(F)F)cc1. The molecule has 0 aliphatic carbocycles. The van der Waals surface area contributed by atoms with Crippen molar-refractivity contribution in [2.45, 2.75) is 12.7 Å². The van der Waals surface area contributed by atoms with Gasteiger partial charge >= 0.3 is 6.18 Å². The molecular weight excluding hydrogens is 375 g/mol. The van der Waals surface area contributed by atoms with E-state index in [2.05, 4.69) is 21.2 Å². The number of rotatable bonds is 5. The molecule has 0 aliphatic rings. The number of hydrogen-bond donors (Lipinski definition) is 1. The molecule has 3 nitrogen and oxygen atoms in total. The van der Waals surface area contributed by atoms with E-state index in [1.54, 1.807) is 31.4 Å². The maximum Gasteiger partial charge on any atom is 0.454 e. The Morgan fingerprint density at radius 3 is 2.39 bits per heavy atom. The smallest absolute Gasteiger partial charge is 0.454 e. The van der Waals surface area contributed by atoms with Crippen molar-refractivity contribution in [2.75, 3.05) is 12.4 Å². The Morgan fingerprint density at radius 2 is 1.83 bits per heavy atom. The number of hydrogen-bond acceptors (Lipinski definition) is 3. The van der Waals surface area contributed by atoms with Gasteiger partial charge < -0.3 is 10.1 Å². The molecule has 2 aromatic rings. The van der Waals surface area contributed by atoms with Crippen molar-refractivity contribution in [1.29, 1.82) is 0 Å². The summed E-state index contributed by atoms with van der Waals surface area (Å²) in [4.78, 5) is 11.5. The van der Waals surface area contributed by atoms with Crippen LogP contribution < -0.4 is 10.1 Å². The van der Waals surface area contributed by atoms with E-state index in [-0.39, 0.29) is 12.2 Å². The van der Waals surface area contributed by atoms with Crippen LogP contribution in [0.15, 0.2) is 46.9 Å². The number of ether oxygens (including phenoxy) is 1. The number of carbonyl (C=O) groups is 1. The van der Waals surface area contributed by atoms with E-state index >= 15 is 0 Å². The third-order valence-electron chi connectivity index (χ3n) is 3.13. The monoisotopic (exact) mass is 387 g/mol. The van der Waals surface area contributed by atoms with E-state index < -0.39 is 17.5 Å². The van der Waals surface area contributed by atoms with E-state index in [0.29, 0.717) is 10.2 Å². The number of halogens is 4. The molecule has 0 heterocycles. The van der Waals surface area contributed by atoms with Gasteiger partial charge in [-0.25, -0.2) is 0 Å². The summed E-state index contributed by atoms with van der Waals surface area (Å²) in [6, 6.07) is 11.1. The number of ketones is 1.